The van der Waals surface area contributed by atoms with E-state index in [1.807, 2.05) is 12.2 Å². The van der Waals surface area contributed by atoms with Crippen molar-refractivity contribution in [1.29, 1.82) is 0 Å². The summed E-state index contributed by atoms with van der Waals surface area (Å²) in [4.78, 5) is 42.8. The first-order chi connectivity index (χ1) is 24.7. The minimum Gasteiger partial charge on any atom is -0.462 e. The molecule has 0 heterocycles. The maximum Gasteiger partial charge on any atom is 0.469 e. The summed E-state index contributed by atoms with van der Waals surface area (Å²) in [7, 11) is -4.80. The lowest BCUT2D eigenvalue weighted by atomic mass is 10.1. The lowest BCUT2D eigenvalue weighted by Crippen LogP contribution is -2.29. The Morgan fingerprint density at radius 3 is 1.71 bits per heavy atom. The van der Waals surface area contributed by atoms with Gasteiger partial charge in [-0.1, -0.05) is 146 Å². The zero-order valence-corrected chi connectivity index (χ0v) is 33.0. The summed E-state index contributed by atoms with van der Waals surface area (Å²) in [5, 5.41) is 10.2. The fourth-order valence-electron chi connectivity index (χ4n) is 5.38. The summed E-state index contributed by atoms with van der Waals surface area (Å²) in [5.74, 6) is -1.09. The number of allylic oxidation sites excluding steroid dienone is 7. The Morgan fingerprint density at radius 1 is 0.608 bits per heavy atom. The average molecular weight is 741 g/mol. The zero-order chi connectivity index (χ0) is 37.7. The number of unbranched alkanes of at least 4 members (excludes halogenated alkanes) is 17. The lowest BCUT2D eigenvalue weighted by molar-refractivity contribution is -0.161. The molecule has 10 heteroatoms. The van der Waals surface area contributed by atoms with E-state index in [0.717, 1.165) is 38.5 Å². The van der Waals surface area contributed by atoms with Gasteiger partial charge in [0, 0.05) is 12.8 Å². The molecule has 0 spiro atoms. The number of carbonyl (C=O) groups is 2. The topological polar surface area (TPSA) is 140 Å². The number of hydrogen-bond acceptors (Lipinski definition) is 7. The number of phosphoric ester groups is 1. The Labute approximate surface area is 310 Å². The van der Waals surface area contributed by atoms with E-state index < -0.39 is 38.6 Å². The van der Waals surface area contributed by atoms with Crippen LogP contribution in [-0.4, -0.2) is 52.3 Å². The molecule has 0 radical (unpaired) electrons. The van der Waals surface area contributed by atoms with E-state index in [1.165, 1.54) is 89.9 Å². The van der Waals surface area contributed by atoms with Crippen molar-refractivity contribution in [1.82, 2.24) is 0 Å². The molecule has 51 heavy (non-hydrogen) atoms. The summed E-state index contributed by atoms with van der Waals surface area (Å²) in [6, 6.07) is 0. The van der Waals surface area contributed by atoms with Crippen LogP contribution in [0.25, 0.3) is 0 Å². The molecule has 0 aliphatic heterocycles. The molecule has 0 rings (SSSR count). The van der Waals surface area contributed by atoms with Crippen LogP contribution in [-0.2, 0) is 28.2 Å². The van der Waals surface area contributed by atoms with Crippen LogP contribution in [0, 0.1) is 0 Å². The van der Waals surface area contributed by atoms with Gasteiger partial charge in [-0.25, -0.2) is 4.57 Å². The van der Waals surface area contributed by atoms with Gasteiger partial charge in [-0.05, 0) is 64.2 Å². The summed E-state index contributed by atoms with van der Waals surface area (Å²) in [5.41, 5.74) is 0. The SMILES string of the molecule is CCCCCC/C=C\CCCCCCCCCC(=O)O[C@H](COC(=O)CCCC(O)/C=C/C=C/C/C=C/CCCCCCCC)COP(=O)(O)O. The predicted octanol–water partition coefficient (Wildman–Crippen LogP) is 10.9. The fourth-order valence-corrected chi connectivity index (χ4v) is 5.74. The van der Waals surface area contributed by atoms with Crippen LogP contribution in [0.15, 0.2) is 48.6 Å². The van der Waals surface area contributed by atoms with Gasteiger partial charge in [0.1, 0.15) is 6.61 Å². The van der Waals surface area contributed by atoms with Gasteiger partial charge in [-0.3, -0.25) is 14.1 Å². The van der Waals surface area contributed by atoms with Crippen LogP contribution in [0.1, 0.15) is 174 Å². The minimum absolute atomic E-state index is 0.0416. The monoisotopic (exact) mass is 740 g/mol. The number of phosphoric acid groups is 1. The van der Waals surface area contributed by atoms with Gasteiger partial charge in [0.25, 0.3) is 0 Å². The van der Waals surface area contributed by atoms with Crippen molar-refractivity contribution in [2.75, 3.05) is 13.2 Å². The number of rotatable bonds is 36. The first kappa shape index (κ1) is 49.0. The van der Waals surface area contributed by atoms with E-state index in [2.05, 4.69) is 42.7 Å². The van der Waals surface area contributed by atoms with E-state index in [4.69, 9.17) is 19.3 Å². The Hall–Kier alpha value is -2.03. The Kier molecular flexibility index (Phi) is 34.9. The van der Waals surface area contributed by atoms with E-state index in [9.17, 15) is 19.3 Å². The first-order valence-electron chi connectivity index (χ1n) is 20.0. The zero-order valence-electron chi connectivity index (χ0n) is 32.1. The minimum atomic E-state index is -4.80. The van der Waals surface area contributed by atoms with Gasteiger partial charge in [-0.2, -0.15) is 0 Å². The van der Waals surface area contributed by atoms with E-state index >= 15 is 0 Å². The van der Waals surface area contributed by atoms with Crippen LogP contribution < -0.4 is 0 Å². The van der Waals surface area contributed by atoms with Crippen LogP contribution >= 0.6 is 7.82 Å². The molecule has 0 bridgehead atoms. The number of aliphatic hydroxyl groups excluding tert-OH is 1. The molecular formula is C41H73O9P. The molecule has 296 valence electrons. The second kappa shape index (κ2) is 36.3. The maximum absolute atomic E-state index is 12.4. The number of hydrogen-bond donors (Lipinski definition) is 3. The van der Waals surface area contributed by atoms with Gasteiger partial charge >= 0.3 is 19.8 Å². The van der Waals surface area contributed by atoms with Crippen molar-refractivity contribution in [3.05, 3.63) is 48.6 Å². The second-order valence-corrected chi connectivity index (χ2v) is 14.7. The van der Waals surface area contributed by atoms with Gasteiger partial charge in [0.2, 0.25) is 0 Å². The van der Waals surface area contributed by atoms with Gasteiger partial charge in [0.15, 0.2) is 6.10 Å². The highest BCUT2D eigenvalue weighted by Crippen LogP contribution is 2.36. The summed E-state index contributed by atoms with van der Waals surface area (Å²) in [6.07, 6.45) is 40.0. The largest absolute Gasteiger partial charge is 0.469 e. The fraction of sp³-hybridized carbons (Fsp3) is 0.756. The molecule has 0 aromatic rings. The molecule has 0 amide bonds. The Bertz CT molecular complexity index is 986. The third-order valence-electron chi connectivity index (χ3n) is 8.42. The molecular weight excluding hydrogens is 667 g/mol. The molecule has 0 aromatic heterocycles. The predicted molar refractivity (Wildman–Crippen MR) is 208 cm³/mol. The molecule has 0 aliphatic rings. The normalized spacial score (nSPS) is 13.6. The number of esters is 2. The smallest absolute Gasteiger partial charge is 0.462 e. The van der Waals surface area contributed by atoms with E-state index in [0.29, 0.717) is 19.3 Å². The third-order valence-corrected chi connectivity index (χ3v) is 8.91. The number of aliphatic hydroxyl groups is 1. The molecule has 0 saturated carbocycles. The van der Waals surface area contributed by atoms with Crippen molar-refractivity contribution in [2.24, 2.45) is 0 Å². The van der Waals surface area contributed by atoms with Crippen LogP contribution in [0.3, 0.4) is 0 Å². The van der Waals surface area contributed by atoms with Crippen LogP contribution in [0.5, 0.6) is 0 Å². The average Bonchev–Trinajstić information content (AvgIpc) is 3.09. The second-order valence-electron chi connectivity index (χ2n) is 13.5. The van der Waals surface area contributed by atoms with E-state index in [1.54, 1.807) is 12.2 Å². The highest BCUT2D eigenvalue weighted by molar-refractivity contribution is 7.46. The molecule has 0 aliphatic carbocycles. The van der Waals surface area contributed by atoms with Crippen molar-refractivity contribution >= 4 is 19.8 Å². The summed E-state index contributed by atoms with van der Waals surface area (Å²) < 4.78 is 26.2. The third kappa shape index (κ3) is 39.0. The number of carbonyl (C=O) groups excluding carboxylic acids is 2. The van der Waals surface area contributed by atoms with Crippen molar-refractivity contribution < 1.29 is 43.0 Å². The molecule has 0 saturated heterocycles. The Balaban J connectivity index is 4.14. The molecule has 9 nitrogen and oxygen atoms in total. The molecule has 3 N–H and O–H groups in total. The van der Waals surface area contributed by atoms with Gasteiger partial charge < -0.3 is 24.4 Å². The quantitative estimate of drug-likeness (QED) is 0.0188. The van der Waals surface area contributed by atoms with Crippen LogP contribution in [0.4, 0.5) is 0 Å². The van der Waals surface area contributed by atoms with Gasteiger partial charge in [0.05, 0.1) is 12.7 Å². The van der Waals surface area contributed by atoms with Crippen molar-refractivity contribution in [2.45, 2.75) is 187 Å². The maximum atomic E-state index is 12.4. The first-order valence-corrected chi connectivity index (χ1v) is 21.6. The standard InChI is InChI=1S/C41H73O9P/c1-3-5-7-9-11-13-15-17-18-20-22-24-26-28-30-34-41(44)50-39(37-49-51(45,46)47)36-48-40(43)35-31-33-38(42)32-29-27-25-23-21-19-16-14-12-10-8-6-4-2/h13,15,19,21,25,27,29,32,38-39,42H,3-12,14,16-18,20,22-24,26,28,30-31,33-37H2,1-2H3,(H2,45,46,47)/b15-13-,21-19+,27-25+,32-29+/t38?,39-/m1/s1. The van der Waals surface area contributed by atoms with Gasteiger partial charge in [-0.15, -0.1) is 0 Å². The summed E-state index contributed by atoms with van der Waals surface area (Å²) in [6.45, 7) is 3.49. The number of ether oxygens (including phenoxy) is 2. The molecule has 1 unspecified atom stereocenters. The molecule has 2 atom stereocenters. The van der Waals surface area contributed by atoms with Crippen LogP contribution in [0.2, 0.25) is 0 Å². The Morgan fingerprint density at radius 2 is 1.12 bits per heavy atom. The molecule has 0 fully saturated rings. The molecule has 0 aromatic carbocycles. The highest BCUT2D eigenvalue weighted by Gasteiger charge is 2.23. The lowest BCUT2D eigenvalue weighted by Gasteiger charge is -2.18. The summed E-state index contributed by atoms with van der Waals surface area (Å²) >= 11 is 0. The highest BCUT2D eigenvalue weighted by atomic mass is 31.2. The van der Waals surface area contributed by atoms with E-state index in [-0.39, 0.29) is 19.4 Å². The van der Waals surface area contributed by atoms with Crippen molar-refractivity contribution in [3.8, 4) is 0 Å². The van der Waals surface area contributed by atoms with Crippen molar-refractivity contribution in [3.63, 3.8) is 0 Å².